The Kier molecular flexibility index (Phi) is 4.53. The Morgan fingerprint density at radius 2 is 2.20 bits per heavy atom. The average molecular weight is 273 g/mol. The highest BCUT2D eigenvalue weighted by atomic mass is 16.5. The van der Waals surface area contributed by atoms with Gasteiger partial charge in [0.15, 0.2) is 0 Å². The quantitative estimate of drug-likeness (QED) is 0.911. The minimum Gasteiger partial charge on any atom is -0.360 e. The van der Waals surface area contributed by atoms with Crippen molar-refractivity contribution >= 4 is 11.6 Å². The summed E-state index contributed by atoms with van der Waals surface area (Å²) in [7, 11) is 0. The van der Waals surface area contributed by atoms with E-state index < -0.39 is 0 Å². The molecule has 1 N–H and O–H groups in total. The van der Waals surface area contributed by atoms with Crippen LogP contribution in [0.2, 0.25) is 0 Å². The van der Waals surface area contributed by atoms with Crippen LogP contribution in [0.5, 0.6) is 0 Å². The third kappa shape index (κ3) is 3.45. The van der Waals surface area contributed by atoms with E-state index in [1.165, 1.54) is 0 Å². The lowest BCUT2D eigenvalue weighted by molar-refractivity contribution is 0.0792. The molecule has 5 heteroatoms. The molecule has 0 aliphatic rings. The van der Waals surface area contributed by atoms with Gasteiger partial charge < -0.3 is 10.1 Å². The summed E-state index contributed by atoms with van der Waals surface area (Å²) in [6, 6.07) is 5.82. The second-order valence-electron chi connectivity index (χ2n) is 4.66. The first-order valence-corrected chi connectivity index (χ1v) is 6.59. The molecule has 0 aliphatic carbocycles. The van der Waals surface area contributed by atoms with Crippen molar-refractivity contribution in [3.8, 4) is 0 Å². The molecule has 0 saturated carbocycles. The number of carbonyl (C=O) groups is 1. The highest BCUT2D eigenvalue weighted by Crippen LogP contribution is 2.13. The lowest BCUT2D eigenvalue weighted by Gasteiger charge is -2.07. The highest BCUT2D eigenvalue weighted by Gasteiger charge is 2.10. The number of aromatic nitrogens is 2. The van der Waals surface area contributed by atoms with Gasteiger partial charge in [-0.2, -0.15) is 5.10 Å². The third-order valence-electron chi connectivity index (χ3n) is 2.96. The molecule has 2 rings (SSSR count). The van der Waals surface area contributed by atoms with E-state index in [9.17, 15) is 4.79 Å². The average Bonchev–Trinajstić information content (AvgIpc) is 2.86. The molecule has 0 saturated heterocycles. The molecule has 0 aliphatic heterocycles. The zero-order valence-corrected chi connectivity index (χ0v) is 12.0. The van der Waals surface area contributed by atoms with Gasteiger partial charge in [-0.25, -0.2) is 4.68 Å². The SMILES string of the molecule is CCOCn1cc(NC(=O)c2cc(C)ccc2C)cn1. The summed E-state index contributed by atoms with van der Waals surface area (Å²) in [6.45, 7) is 6.83. The van der Waals surface area contributed by atoms with Gasteiger partial charge in [0.05, 0.1) is 18.1 Å². The molecule has 1 amide bonds. The van der Waals surface area contributed by atoms with Gasteiger partial charge in [-0.1, -0.05) is 17.7 Å². The van der Waals surface area contributed by atoms with E-state index >= 15 is 0 Å². The number of nitrogens with zero attached hydrogens (tertiary/aromatic N) is 2. The van der Waals surface area contributed by atoms with Crippen LogP contribution in [0.1, 0.15) is 28.4 Å². The number of carbonyl (C=O) groups excluding carboxylic acids is 1. The molecular formula is C15H19N3O2. The van der Waals surface area contributed by atoms with Crippen LogP contribution in [0.3, 0.4) is 0 Å². The predicted molar refractivity (Wildman–Crippen MR) is 77.7 cm³/mol. The summed E-state index contributed by atoms with van der Waals surface area (Å²) in [6.07, 6.45) is 3.36. The monoisotopic (exact) mass is 273 g/mol. The van der Waals surface area contributed by atoms with Gasteiger partial charge in [-0.05, 0) is 32.4 Å². The molecule has 2 aromatic rings. The van der Waals surface area contributed by atoms with Gasteiger partial charge in [0, 0.05) is 12.2 Å². The number of anilines is 1. The van der Waals surface area contributed by atoms with Gasteiger partial charge in [0.25, 0.3) is 5.91 Å². The number of rotatable bonds is 5. The molecule has 5 nitrogen and oxygen atoms in total. The van der Waals surface area contributed by atoms with Crippen LogP contribution in [0.15, 0.2) is 30.6 Å². The maximum Gasteiger partial charge on any atom is 0.256 e. The van der Waals surface area contributed by atoms with E-state index in [2.05, 4.69) is 10.4 Å². The van der Waals surface area contributed by atoms with Crippen molar-refractivity contribution in [2.45, 2.75) is 27.5 Å². The summed E-state index contributed by atoms with van der Waals surface area (Å²) in [5, 5.41) is 6.96. The van der Waals surface area contributed by atoms with Gasteiger partial charge in [-0.15, -0.1) is 0 Å². The summed E-state index contributed by atoms with van der Waals surface area (Å²) >= 11 is 0. The Morgan fingerprint density at radius 3 is 2.95 bits per heavy atom. The molecule has 106 valence electrons. The Bertz CT molecular complexity index is 605. The van der Waals surface area contributed by atoms with Crippen LogP contribution in [0.4, 0.5) is 5.69 Å². The fraction of sp³-hybridized carbons (Fsp3) is 0.333. The zero-order chi connectivity index (χ0) is 14.5. The fourth-order valence-corrected chi connectivity index (χ4v) is 1.86. The first-order valence-electron chi connectivity index (χ1n) is 6.59. The first-order chi connectivity index (χ1) is 9.60. The van der Waals surface area contributed by atoms with Crippen LogP contribution < -0.4 is 5.32 Å². The van der Waals surface area contributed by atoms with E-state index in [1.807, 2.05) is 39.0 Å². The number of ether oxygens (including phenoxy) is 1. The first kappa shape index (κ1) is 14.3. The van der Waals surface area contributed by atoms with Gasteiger partial charge in [0.1, 0.15) is 6.73 Å². The normalized spacial score (nSPS) is 10.6. The lowest BCUT2D eigenvalue weighted by Crippen LogP contribution is -2.13. The van der Waals surface area contributed by atoms with Crippen LogP contribution >= 0.6 is 0 Å². The van der Waals surface area contributed by atoms with Crippen molar-refractivity contribution < 1.29 is 9.53 Å². The maximum absolute atomic E-state index is 12.2. The minimum absolute atomic E-state index is 0.123. The summed E-state index contributed by atoms with van der Waals surface area (Å²) in [5.74, 6) is -0.123. The van der Waals surface area contributed by atoms with E-state index in [1.54, 1.807) is 17.1 Å². The van der Waals surface area contributed by atoms with Crippen molar-refractivity contribution in [2.75, 3.05) is 11.9 Å². The van der Waals surface area contributed by atoms with E-state index in [-0.39, 0.29) is 5.91 Å². The van der Waals surface area contributed by atoms with E-state index in [0.717, 1.165) is 11.1 Å². The topological polar surface area (TPSA) is 56.1 Å². The van der Waals surface area contributed by atoms with Crippen molar-refractivity contribution in [1.82, 2.24) is 9.78 Å². The number of nitrogens with one attached hydrogen (secondary N) is 1. The molecule has 1 aromatic carbocycles. The number of benzene rings is 1. The summed E-state index contributed by atoms with van der Waals surface area (Å²) in [4.78, 5) is 12.2. The molecule has 0 fully saturated rings. The summed E-state index contributed by atoms with van der Waals surface area (Å²) < 4.78 is 6.89. The van der Waals surface area contributed by atoms with Crippen LogP contribution in [-0.2, 0) is 11.5 Å². The van der Waals surface area contributed by atoms with E-state index in [4.69, 9.17) is 4.74 Å². The second-order valence-corrected chi connectivity index (χ2v) is 4.66. The smallest absolute Gasteiger partial charge is 0.256 e. The molecule has 20 heavy (non-hydrogen) atoms. The van der Waals surface area contributed by atoms with Crippen molar-refractivity contribution in [3.63, 3.8) is 0 Å². The standard InChI is InChI=1S/C15H19N3O2/c1-4-20-10-18-9-13(8-16-18)17-15(19)14-7-11(2)5-6-12(14)3/h5-9H,4,10H2,1-3H3,(H,17,19). The summed E-state index contributed by atoms with van der Waals surface area (Å²) in [5.41, 5.74) is 3.36. The Morgan fingerprint density at radius 1 is 1.40 bits per heavy atom. The van der Waals surface area contributed by atoms with Crippen LogP contribution in [-0.4, -0.2) is 22.3 Å². The molecule has 0 spiro atoms. The van der Waals surface area contributed by atoms with Gasteiger partial charge >= 0.3 is 0 Å². The maximum atomic E-state index is 12.2. The second kappa shape index (κ2) is 6.34. The Labute approximate surface area is 118 Å². The molecule has 0 radical (unpaired) electrons. The fourth-order valence-electron chi connectivity index (χ4n) is 1.86. The zero-order valence-electron chi connectivity index (χ0n) is 12.0. The molecular weight excluding hydrogens is 254 g/mol. The number of aryl methyl sites for hydroxylation is 2. The lowest BCUT2D eigenvalue weighted by atomic mass is 10.1. The van der Waals surface area contributed by atoms with Crippen LogP contribution in [0, 0.1) is 13.8 Å². The largest absolute Gasteiger partial charge is 0.360 e. The van der Waals surface area contributed by atoms with Crippen molar-refractivity contribution in [1.29, 1.82) is 0 Å². The third-order valence-corrected chi connectivity index (χ3v) is 2.96. The predicted octanol–water partition coefficient (Wildman–Crippen LogP) is 2.75. The minimum atomic E-state index is -0.123. The molecule has 1 aromatic heterocycles. The van der Waals surface area contributed by atoms with Gasteiger partial charge in [0.2, 0.25) is 0 Å². The van der Waals surface area contributed by atoms with Crippen LogP contribution in [0.25, 0.3) is 0 Å². The van der Waals surface area contributed by atoms with Gasteiger partial charge in [-0.3, -0.25) is 4.79 Å². The van der Waals surface area contributed by atoms with E-state index in [0.29, 0.717) is 24.6 Å². The molecule has 0 atom stereocenters. The molecule has 1 heterocycles. The number of amides is 1. The number of hydrogen-bond acceptors (Lipinski definition) is 3. The van der Waals surface area contributed by atoms with Crippen molar-refractivity contribution in [3.05, 3.63) is 47.3 Å². The van der Waals surface area contributed by atoms with Crippen molar-refractivity contribution in [2.24, 2.45) is 0 Å². The highest BCUT2D eigenvalue weighted by molar-refractivity contribution is 6.05. The number of hydrogen-bond donors (Lipinski definition) is 1. The Balaban J connectivity index is 2.07. The molecule has 0 bridgehead atoms. The Hall–Kier alpha value is -2.14. The molecule has 0 unspecified atom stereocenters.